The third-order valence-corrected chi connectivity index (χ3v) is 4.30. The summed E-state index contributed by atoms with van der Waals surface area (Å²) < 4.78 is 0. The summed E-state index contributed by atoms with van der Waals surface area (Å²) in [6, 6.07) is 9.85. The molecule has 2 aromatic rings. The molecule has 2 atom stereocenters. The maximum Gasteiger partial charge on any atom is 0.224 e. The number of amides is 1. The number of carbonyl (C=O) groups excluding carboxylic acids is 1. The lowest BCUT2D eigenvalue weighted by Gasteiger charge is -2.27. The summed E-state index contributed by atoms with van der Waals surface area (Å²) in [7, 11) is 0. The van der Waals surface area contributed by atoms with E-state index < -0.39 is 0 Å². The first-order valence-electron chi connectivity index (χ1n) is 7.62. The van der Waals surface area contributed by atoms with Gasteiger partial charge in [0.05, 0.1) is 5.52 Å². The number of hydrogen-bond acceptors (Lipinski definition) is 3. The van der Waals surface area contributed by atoms with Gasteiger partial charge in [-0.1, -0.05) is 18.9 Å². The van der Waals surface area contributed by atoms with Crippen LogP contribution in [-0.4, -0.2) is 16.9 Å². The first kappa shape index (κ1) is 19.7. The number of benzene rings is 1. The summed E-state index contributed by atoms with van der Waals surface area (Å²) in [5.41, 5.74) is 7.87. The average Bonchev–Trinajstić information content (AvgIpc) is 2.49. The lowest BCUT2D eigenvalue weighted by Crippen LogP contribution is -2.35. The van der Waals surface area contributed by atoms with Gasteiger partial charge in [-0.15, -0.1) is 24.8 Å². The standard InChI is InChI=1S/C17H21N3O.2ClH/c18-15-6-2-1-4-12(15)11-17(21)20-14-7-8-16-13(10-14)5-3-9-19-16;;/h3,5,7-10,12,15H,1-2,4,6,11,18H2,(H,20,21);2*1H. The highest BCUT2D eigenvalue weighted by Gasteiger charge is 2.24. The van der Waals surface area contributed by atoms with Crippen LogP contribution in [0.15, 0.2) is 36.5 Å². The van der Waals surface area contributed by atoms with E-state index in [-0.39, 0.29) is 36.8 Å². The molecule has 3 N–H and O–H groups in total. The summed E-state index contributed by atoms with van der Waals surface area (Å²) >= 11 is 0. The van der Waals surface area contributed by atoms with Crippen molar-refractivity contribution in [2.75, 3.05) is 5.32 Å². The predicted octanol–water partition coefficient (Wildman–Crippen LogP) is 3.92. The molecule has 1 amide bonds. The Bertz CT molecular complexity index is 651. The second-order valence-corrected chi connectivity index (χ2v) is 5.87. The van der Waals surface area contributed by atoms with Crippen LogP contribution in [0, 0.1) is 5.92 Å². The average molecular weight is 356 g/mol. The summed E-state index contributed by atoms with van der Waals surface area (Å²) in [6.45, 7) is 0. The van der Waals surface area contributed by atoms with Crippen LogP contribution in [0.2, 0.25) is 0 Å². The first-order valence-corrected chi connectivity index (χ1v) is 7.62. The van der Waals surface area contributed by atoms with Crippen molar-refractivity contribution < 1.29 is 4.79 Å². The molecule has 0 aliphatic heterocycles. The number of aromatic nitrogens is 1. The minimum atomic E-state index is 0. The number of pyridine rings is 1. The molecule has 1 saturated carbocycles. The minimum Gasteiger partial charge on any atom is -0.327 e. The molecule has 2 unspecified atom stereocenters. The summed E-state index contributed by atoms with van der Waals surface area (Å²) in [5.74, 6) is 0.376. The van der Waals surface area contributed by atoms with Crippen LogP contribution in [-0.2, 0) is 4.79 Å². The van der Waals surface area contributed by atoms with Crippen molar-refractivity contribution in [1.29, 1.82) is 0 Å². The molecule has 3 rings (SSSR count). The zero-order valence-electron chi connectivity index (χ0n) is 12.9. The van der Waals surface area contributed by atoms with E-state index in [1.54, 1.807) is 6.20 Å². The van der Waals surface area contributed by atoms with E-state index in [1.807, 2.05) is 30.3 Å². The minimum absolute atomic E-state index is 0. The molecule has 0 bridgehead atoms. The van der Waals surface area contributed by atoms with E-state index in [1.165, 1.54) is 12.8 Å². The lowest BCUT2D eigenvalue weighted by molar-refractivity contribution is -0.117. The van der Waals surface area contributed by atoms with Gasteiger partial charge in [0.1, 0.15) is 0 Å². The van der Waals surface area contributed by atoms with E-state index in [0.717, 1.165) is 29.4 Å². The molecule has 23 heavy (non-hydrogen) atoms. The number of fused-ring (bicyclic) bond motifs is 1. The molecule has 1 aromatic carbocycles. The quantitative estimate of drug-likeness (QED) is 0.876. The molecular weight excluding hydrogens is 333 g/mol. The number of hydrogen-bond donors (Lipinski definition) is 2. The highest BCUT2D eigenvalue weighted by molar-refractivity contribution is 5.93. The Kier molecular flexibility index (Phi) is 7.76. The highest BCUT2D eigenvalue weighted by atomic mass is 35.5. The second kappa shape index (κ2) is 9.06. The fourth-order valence-electron chi connectivity index (χ4n) is 3.09. The topological polar surface area (TPSA) is 68.0 Å². The number of rotatable bonds is 3. The molecule has 1 aliphatic rings. The van der Waals surface area contributed by atoms with Gasteiger partial charge in [-0.25, -0.2) is 0 Å². The Morgan fingerprint density at radius 3 is 2.78 bits per heavy atom. The van der Waals surface area contributed by atoms with Gasteiger partial charge in [-0.2, -0.15) is 0 Å². The zero-order chi connectivity index (χ0) is 14.7. The molecule has 1 heterocycles. The Hall–Kier alpha value is -1.36. The van der Waals surface area contributed by atoms with Crippen LogP contribution < -0.4 is 11.1 Å². The van der Waals surface area contributed by atoms with Gasteiger partial charge in [0, 0.05) is 29.7 Å². The molecule has 0 spiro atoms. The van der Waals surface area contributed by atoms with E-state index in [9.17, 15) is 4.79 Å². The molecule has 126 valence electrons. The number of anilines is 1. The number of nitrogens with one attached hydrogen (secondary N) is 1. The van der Waals surface area contributed by atoms with Gasteiger partial charge in [-0.05, 0) is 43.0 Å². The van der Waals surface area contributed by atoms with Crippen molar-refractivity contribution >= 4 is 47.3 Å². The molecule has 1 aliphatic carbocycles. The van der Waals surface area contributed by atoms with Gasteiger partial charge < -0.3 is 11.1 Å². The molecule has 6 heteroatoms. The molecule has 4 nitrogen and oxygen atoms in total. The van der Waals surface area contributed by atoms with Gasteiger partial charge in [-0.3, -0.25) is 9.78 Å². The third-order valence-electron chi connectivity index (χ3n) is 4.30. The number of carbonyl (C=O) groups is 1. The second-order valence-electron chi connectivity index (χ2n) is 5.87. The van der Waals surface area contributed by atoms with Crippen molar-refractivity contribution in [1.82, 2.24) is 4.98 Å². The van der Waals surface area contributed by atoms with Gasteiger partial charge in [0.25, 0.3) is 0 Å². The van der Waals surface area contributed by atoms with Gasteiger partial charge >= 0.3 is 0 Å². The largest absolute Gasteiger partial charge is 0.327 e. The summed E-state index contributed by atoms with van der Waals surface area (Å²) in [4.78, 5) is 16.5. The van der Waals surface area contributed by atoms with Crippen molar-refractivity contribution in [3.05, 3.63) is 36.5 Å². The van der Waals surface area contributed by atoms with E-state index in [0.29, 0.717) is 12.3 Å². The Morgan fingerprint density at radius 2 is 2.00 bits per heavy atom. The maximum atomic E-state index is 12.2. The molecular formula is C17H23Cl2N3O. The maximum absolute atomic E-state index is 12.2. The SMILES string of the molecule is Cl.Cl.NC1CCCCC1CC(=O)Nc1ccc2ncccc2c1. The van der Waals surface area contributed by atoms with Gasteiger partial charge in [0.15, 0.2) is 0 Å². The highest BCUT2D eigenvalue weighted by Crippen LogP contribution is 2.26. The molecule has 0 saturated heterocycles. The number of nitrogens with zero attached hydrogens (tertiary/aromatic N) is 1. The Morgan fingerprint density at radius 1 is 1.22 bits per heavy atom. The Balaban J connectivity index is 0.00000132. The van der Waals surface area contributed by atoms with Crippen molar-refractivity contribution in [3.8, 4) is 0 Å². The monoisotopic (exact) mass is 355 g/mol. The molecule has 1 aromatic heterocycles. The van der Waals surface area contributed by atoms with E-state index >= 15 is 0 Å². The van der Waals surface area contributed by atoms with E-state index in [2.05, 4.69) is 10.3 Å². The van der Waals surface area contributed by atoms with Crippen LogP contribution in [0.25, 0.3) is 10.9 Å². The molecule has 0 radical (unpaired) electrons. The van der Waals surface area contributed by atoms with Crippen molar-refractivity contribution in [2.24, 2.45) is 11.7 Å². The fourth-order valence-corrected chi connectivity index (χ4v) is 3.09. The Labute approximate surface area is 149 Å². The first-order chi connectivity index (χ1) is 10.2. The van der Waals surface area contributed by atoms with Crippen molar-refractivity contribution in [2.45, 2.75) is 38.1 Å². The van der Waals surface area contributed by atoms with Crippen LogP contribution >= 0.6 is 24.8 Å². The van der Waals surface area contributed by atoms with Crippen LogP contribution in [0.3, 0.4) is 0 Å². The number of nitrogens with two attached hydrogens (primary N) is 1. The predicted molar refractivity (Wildman–Crippen MR) is 99.4 cm³/mol. The summed E-state index contributed by atoms with van der Waals surface area (Å²) in [6.07, 6.45) is 6.78. The van der Waals surface area contributed by atoms with Crippen molar-refractivity contribution in [3.63, 3.8) is 0 Å². The lowest BCUT2D eigenvalue weighted by atomic mass is 9.83. The normalized spacial score (nSPS) is 20.2. The fraction of sp³-hybridized carbons (Fsp3) is 0.412. The summed E-state index contributed by atoms with van der Waals surface area (Å²) in [5, 5.41) is 4.01. The molecule has 1 fully saturated rings. The number of halogens is 2. The van der Waals surface area contributed by atoms with Gasteiger partial charge in [0.2, 0.25) is 5.91 Å². The van der Waals surface area contributed by atoms with Crippen LogP contribution in [0.4, 0.5) is 5.69 Å². The van der Waals surface area contributed by atoms with Crippen LogP contribution in [0.5, 0.6) is 0 Å². The third kappa shape index (κ3) is 5.06. The smallest absolute Gasteiger partial charge is 0.224 e. The zero-order valence-corrected chi connectivity index (χ0v) is 14.5. The van der Waals surface area contributed by atoms with E-state index in [4.69, 9.17) is 5.73 Å². The van der Waals surface area contributed by atoms with Crippen LogP contribution in [0.1, 0.15) is 32.1 Å².